The summed E-state index contributed by atoms with van der Waals surface area (Å²) in [6.45, 7) is 3.81. The summed E-state index contributed by atoms with van der Waals surface area (Å²) in [6.07, 6.45) is 1.72. The molecule has 3 rings (SSSR count). The summed E-state index contributed by atoms with van der Waals surface area (Å²) >= 11 is 3.07. The standard InChI is InChI=1S/C13H11N3OS2/c1-8-3-5-18-11(8)7-14-16-9(2)15-12-10(13(16)17)4-6-19-12/h3-7H,1-2H3/b14-7-. The number of rotatable bonds is 2. The van der Waals surface area contributed by atoms with Gasteiger partial charge in [0.2, 0.25) is 0 Å². The van der Waals surface area contributed by atoms with Crippen LogP contribution in [0.15, 0.2) is 32.8 Å². The first-order valence-corrected chi connectivity index (χ1v) is 7.48. The van der Waals surface area contributed by atoms with E-state index in [9.17, 15) is 4.79 Å². The van der Waals surface area contributed by atoms with Crippen molar-refractivity contribution in [2.24, 2.45) is 5.10 Å². The summed E-state index contributed by atoms with van der Waals surface area (Å²) in [6, 6.07) is 3.82. The van der Waals surface area contributed by atoms with Crippen LogP contribution in [-0.2, 0) is 0 Å². The van der Waals surface area contributed by atoms with Gasteiger partial charge in [0.1, 0.15) is 10.7 Å². The highest BCUT2D eigenvalue weighted by molar-refractivity contribution is 7.16. The number of hydrogen-bond acceptors (Lipinski definition) is 5. The van der Waals surface area contributed by atoms with Crippen LogP contribution in [0.3, 0.4) is 0 Å². The second-order valence-corrected chi connectivity index (χ2v) is 5.97. The van der Waals surface area contributed by atoms with Gasteiger partial charge in [0.05, 0.1) is 16.5 Å². The summed E-state index contributed by atoms with van der Waals surface area (Å²) in [5.74, 6) is 0.602. The van der Waals surface area contributed by atoms with Gasteiger partial charge in [-0.3, -0.25) is 4.79 Å². The van der Waals surface area contributed by atoms with Crippen LogP contribution in [0.25, 0.3) is 10.2 Å². The minimum absolute atomic E-state index is 0.116. The van der Waals surface area contributed by atoms with E-state index in [1.165, 1.54) is 16.0 Å². The maximum absolute atomic E-state index is 12.3. The lowest BCUT2D eigenvalue weighted by Crippen LogP contribution is -2.19. The molecule has 6 heteroatoms. The highest BCUT2D eigenvalue weighted by Gasteiger charge is 2.08. The molecule has 3 aromatic rings. The molecule has 96 valence electrons. The number of aromatic nitrogens is 2. The summed E-state index contributed by atoms with van der Waals surface area (Å²) in [4.78, 5) is 18.5. The van der Waals surface area contributed by atoms with Gasteiger partial charge < -0.3 is 0 Å². The highest BCUT2D eigenvalue weighted by Crippen LogP contribution is 2.15. The Morgan fingerprint density at radius 3 is 2.79 bits per heavy atom. The van der Waals surface area contributed by atoms with Crippen LogP contribution in [0, 0.1) is 13.8 Å². The molecule has 0 N–H and O–H groups in total. The smallest absolute Gasteiger partial charge is 0.267 e. The number of fused-ring (bicyclic) bond motifs is 1. The van der Waals surface area contributed by atoms with Crippen molar-refractivity contribution < 1.29 is 0 Å². The largest absolute Gasteiger partial charge is 0.282 e. The molecule has 0 aliphatic rings. The van der Waals surface area contributed by atoms with Crippen LogP contribution in [-0.4, -0.2) is 15.9 Å². The van der Waals surface area contributed by atoms with Gasteiger partial charge in [0.15, 0.2) is 0 Å². The van der Waals surface area contributed by atoms with E-state index in [1.54, 1.807) is 30.5 Å². The summed E-state index contributed by atoms with van der Waals surface area (Å²) in [5, 5.41) is 8.77. The maximum atomic E-state index is 12.3. The zero-order valence-corrected chi connectivity index (χ0v) is 12.1. The third-order valence-electron chi connectivity index (χ3n) is 2.83. The second kappa shape index (κ2) is 4.71. The summed E-state index contributed by atoms with van der Waals surface area (Å²) in [7, 11) is 0. The Hall–Kier alpha value is -1.79. The SMILES string of the molecule is Cc1ccsc1/C=N\n1c(C)nc2sccc2c1=O. The van der Waals surface area contributed by atoms with Gasteiger partial charge in [-0.1, -0.05) is 0 Å². The zero-order chi connectivity index (χ0) is 13.4. The summed E-state index contributed by atoms with van der Waals surface area (Å²) in [5.41, 5.74) is 1.04. The molecule has 0 bridgehead atoms. The quantitative estimate of drug-likeness (QED) is 0.681. The van der Waals surface area contributed by atoms with Crippen LogP contribution in [0.5, 0.6) is 0 Å². The van der Waals surface area contributed by atoms with Crippen molar-refractivity contribution in [1.29, 1.82) is 0 Å². The van der Waals surface area contributed by atoms with Crippen molar-refractivity contribution in [2.45, 2.75) is 13.8 Å². The lowest BCUT2D eigenvalue weighted by Gasteiger charge is -2.02. The third kappa shape index (κ3) is 2.13. The molecule has 0 radical (unpaired) electrons. The Bertz CT molecular complexity index is 826. The van der Waals surface area contributed by atoms with Gasteiger partial charge in [-0.15, -0.1) is 22.7 Å². The Kier molecular flexibility index (Phi) is 3.04. The van der Waals surface area contributed by atoms with Crippen molar-refractivity contribution in [3.8, 4) is 0 Å². The van der Waals surface area contributed by atoms with E-state index in [0.29, 0.717) is 11.2 Å². The van der Waals surface area contributed by atoms with Crippen LogP contribution >= 0.6 is 22.7 Å². The molecular formula is C13H11N3OS2. The van der Waals surface area contributed by atoms with Crippen molar-refractivity contribution in [2.75, 3.05) is 0 Å². The molecule has 0 aliphatic heterocycles. The van der Waals surface area contributed by atoms with Gasteiger partial charge in [-0.25, -0.2) is 4.98 Å². The number of hydrogen-bond donors (Lipinski definition) is 0. The van der Waals surface area contributed by atoms with Crippen LogP contribution < -0.4 is 5.56 Å². The first-order valence-electron chi connectivity index (χ1n) is 5.72. The van der Waals surface area contributed by atoms with E-state index in [0.717, 1.165) is 15.3 Å². The Balaban J connectivity index is 2.13. The van der Waals surface area contributed by atoms with Crippen LogP contribution in [0.2, 0.25) is 0 Å². The molecule has 0 aliphatic carbocycles. The average Bonchev–Trinajstić information content (AvgIpc) is 2.98. The highest BCUT2D eigenvalue weighted by atomic mass is 32.1. The number of thiophene rings is 2. The van der Waals surface area contributed by atoms with Gasteiger partial charge in [-0.05, 0) is 42.3 Å². The topological polar surface area (TPSA) is 47.2 Å². The van der Waals surface area contributed by atoms with Gasteiger partial charge in [0, 0.05) is 0 Å². The van der Waals surface area contributed by atoms with Crippen molar-refractivity contribution in [3.63, 3.8) is 0 Å². The minimum atomic E-state index is -0.116. The van der Waals surface area contributed by atoms with E-state index in [1.807, 2.05) is 23.8 Å². The first-order chi connectivity index (χ1) is 9.16. The molecular weight excluding hydrogens is 278 g/mol. The molecule has 19 heavy (non-hydrogen) atoms. The van der Waals surface area contributed by atoms with Gasteiger partial charge in [-0.2, -0.15) is 9.78 Å². The molecule has 3 aromatic heterocycles. The molecule has 0 unspecified atom stereocenters. The third-order valence-corrected chi connectivity index (χ3v) is 4.59. The normalized spacial score (nSPS) is 11.7. The number of aryl methyl sites for hydroxylation is 2. The summed E-state index contributed by atoms with van der Waals surface area (Å²) < 4.78 is 1.36. The molecule has 0 fully saturated rings. The lowest BCUT2D eigenvalue weighted by atomic mass is 10.3. The monoisotopic (exact) mass is 289 g/mol. The Labute approximate surface area is 117 Å². The predicted octanol–water partition coefficient (Wildman–Crippen LogP) is 3.02. The van der Waals surface area contributed by atoms with Crippen molar-refractivity contribution in [1.82, 2.24) is 9.66 Å². The molecule has 4 nitrogen and oxygen atoms in total. The van der Waals surface area contributed by atoms with E-state index in [4.69, 9.17) is 0 Å². The second-order valence-electron chi connectivity index (χ2n) is 4.13. The Morgan fingerprint density at radius 2 is 2.05 bits per heavy atom. The van der Waals surface area contributed by atoms with Crippen LogP contribution in [0.1, 0.15) is 16.3 Å². The fraction of sp³-hybridized carbons (Fsp3) is 0.154. The zero-order valence-electron chi connectivity index (χ0n) is 10.5. The Morgan fingerprint density at radius 1 is 1.26 bits per heavy atom. The average molecular weight is 289 g/mol. The molecule has 0 atom stereocenters. The molecule has 0 spiro atoms. The fourth-order valence-electron chi connectivity index (χ4n) is 1.77. The van der Waals surface area contributed by atoms with Crippen molar-refractivity contribution in [3.05, 3.63) is 49.5 Å². The van der Waals surface area contributed by atoms with Gasteiger partial charge in [0.25, 0.3) is 5.56 Å². The number of nitrogens with zero attached hydrogens (tertiary/aromatic N) is 3. The molecule has 3 heterocycles. The van der Waals surface area contributed by atoms with E-state index >= 15 is 0 Å². The molecule has 0 saturated heterocycles. The lowest BCUT2D eigenvalue weighted by molar-refractivity contribution is 0.772. The van der Waals surface area contributed by atoms with E-state index in [-0.39, 0.29) is 5.56 Å². The first kappa shape index (κ1) is 12.3. The minimum Gasteiger partial charge on any atom is -0.267 e. The fourth-order valence-corrected chi connectivity index (χ4v) is 3.35. The van der Waals surface area contributed by atoms with Crippen molar-refractivity contribution >= 4 is 39.1 Å². The van der Waals surface area contributed by atoms with E-state index in [2.05, 4.69) is 10.1 Å². The molecule has 0 amide bonds. The van der Waals surface area contributed by atoms with Crippen LogP contribution in [0.4, 0.5) is 0 Å². The molecule has 0 saturated carbocycles. The maximum Gasteiger partial charge on any atom is 0.282 e. The van der Waals surface area contributed by atoms with Gasteiger partial charge >= 0.3 is 0 Å². The molecule has 0 aromatic carbocycles. The predicted molar refractivity (Wildman–Crippen MR) is 80.7 cm³/mol. The van der Waals surface area contributed by atoms with E-state index < -0.39 is 0 Å².